The molecule has 0 unspecified atom stereocenters. The van der Waals surface area contributed by atoms with Crippen molar-refractivity contribution in [3.8, 4) is 0 Å². The Morgan fingerprint density at radius 2 is 1.52 bits per heavy atom. The molecule has 2 rings (SSSR count). The average Bonchev–Trinajstić information content (AvgIpc) is 2.75. The fourth-order valence-electron chi connectivity index (χ4n) is 2.37. The smallest absolute Gasteiger partial charge is 0.332 e. The van der Waals surface area contributed by atoms with Crippen LogP contribution in [-0.2, 0) is 36.9 Å². The predicted molar refractivity (Wildman–Crippen MR) is 106 cm³/mol. The van der Waals surface area contributed by atoms with Crippen molar-refractivity contribution in [2.45, 2.75) is 19.1 Å². The lowest BCUT2D eigenvalue weighted by atomic mass is 10.1. The molecule has 0 aliphatic rings. The quantitative estimate of drug-likeness (QED) is 0.288. The van der Waals surface area contributed by atoms with E-state index in [2.05, 4.69) is 10.6 Å². The summed E-state index contributed by atoms with van der Waals surface area (Å²) in [5, 5.41) is 4.90. The highest BCUT2D eigenvalue weighted by Gasteiger charge is 2.15. The second-order valence-electron chi connectivity index (χ2n) is 6.25. The van der Waals surface area contributed by atoms with Crippen LogP contribution in [-0.4, -0.2) is 43.7 Å². The molecule has 0 saturated carbocycles. The summed E-state index contributed by atoms with van der Waals surface area (Å²) in [5.74, 6) is -1.42. The number of carbonyl (C=O) groups is 3. The lowest BCUT2D eigenvalue weighted by Gasteiger charge is -2.12. The minimum absolute atomic E-state index is 0.157. The van der Waals surface area contributed by atoms with Crippen molar-refractivity contribution in [3.63, 3.8) is 0 Å². The highest BCUT2D eigenvalue weighted by atomic mass is 16.6. The summed E-state index contributed by atoms with van der Waals surface area (Å²) in [6.07, 6.45) is 0.377. The Morgan fingerprint density at radius 1 is 0.897 bits per heavy atom. The number of amides is 2. The van der Waals surface area contributed by atoms with E-state index in [1.807, 2.05) is 60.7 Å². The zero-order valence-electron chi connectivity index (χ0n) is 16.0. The van der Waals surface area contributed by atoms with Crippen LogP contribution in [0.5, 0.6) is 0 Å². The fourth-order valence-corrected chi connectivity index (χ4v) is 2.37. The van der Waals surface area contributed by atoms with E-state index in [0.29, 0.717) is 6.42 Å². The molecule has 8 nitrogen and oxygen atoms in total. The van der Waals surface area contributed by atoms with E-state index in [0.717, 1.165) is 11.1 Å². The first-order valence-corrected chi connectivity index (χ1v) is 9.16. The zero-order valence-corrected chi connectivity index (χ0v) is 16.0. The molecule has 29 heavy (non-hydrogen) atoms. The Morgan fingerprint density at radius 3 is 2.17 bits per heavy atom. The monoisotopic (exact) mass is 399 g/mol. The highest BCUT2D eigenvalue weighted by Crippen LogP contribution is 2.02. The van der Waals surface area contributed by atoms with Crippen molar-refractivity contribution < 1.29 is 23.9 Å². The lowest BCUT2D eigenvalue weighted by Crippen LogP contribution is -2.46. The number of nitrogens with one attached hydrogen (secondary N) is 2. The van der Waals surface area contributed by atoms with Gasteiger partial charge in [0.25, 0.3) is 0 Å². The SMILES string of the molecule is N[C@@H](Cc1ccccc1)C(=O)NCC(=O)NCOCC(=O)OCc1ccccc1. The van der Waals surface area contributed by atoms with E-state index in [1.54, 1.807) is 0 Å². The van der Waals surface area contributed by atoms with Crippen molar-refractivity contribution >= 4 is 17.8 Å². The highest BCUT2D eigenvalue weighted by molar-refractivity contribution is 5.87. The van der Waals surface area contributed by atoms with E-state index in [4.69, 9.17) is 15.2 Å². The summed E-state index contributed by atoms with van der Waals surface area (Å²) in [6, 6.07) is 17.9. The van der Waals surface area contributed by atoms with Crippen LogP contribution in [0, 0.1) is 0 Å². The molecule has 0 aromatic heterocycles. The Hall–Kier alpha value is -3.23. The van der Waals surface area contributed by atoms with Crippen LogP contribution in [0.15, 0.2) is 60.7 Å². The van der Waals surface area contributed by atoms with Gasteiger partial charge in [0.15, 0.2) is 0 Å². The van der Waals surface area contributed by atoms with Gasteiger partial charge in [-0.15, -0.1) is 0 Å². The molecular formula is C21H25N3O5. The maximum Gasteiger partial charge on any atom is 0.332 e. The number of carbonyl (C=O) groups excluding carboxylic acids is 3. The van der Waals surface area contributed by atoms with Crippen LogP contribution in [0.25, 0.3) is 0 Å². The van der Waals surface area contributed by atoms with Gasteiger partial charge in [-0.1, -0.05) is 60.7 Å². The number of benzene rings is 2. The van der Waals surface area contributed by atoms with E-state index >= 15 is 0 Å². The predicted octanol–water partition coefficient (Wildman–Crippen LogP) is 0.506. The van der Waals surface area contributed by atoms with Crippen LogP contribution < -0.4 is 16.4 Å². The number of esters is 1. The topological polar surface area (TPSA) is 120 Å². The van der Waals surface area contributed by atoms with Crippen molar-refractivity contribution in [2.75, 3.05) is 19.9 Å². The molecule has 4 N–H and O–H groups in total. The summed E-state index contributed by atoms with van der Waals surface area (Å²) >= 11 is 0. The number of nitrogens with two attached hydrogens (primary N) is 1. The van der Waals surface area contributed by atoms with Gasteiger partial charge < -0.3 is 25.8 Å². The van der Waals surface area contributed by atoms with Gasteiger partial charge in [-0.3, -0.25) is 9.59 Å². The molecule has 0 spiro atoms. The van der Waals surface area contributed by atoms with Gasteiger partial charge in [0.2, 0.25) is 11.8 Å². The van der Waals surface area contributed by atoms with Crippen LogP contribution in [0.3, 0.4) is 0 Å². The largest absolute Gasteiger partial charge is 0.459 e. The summed E-state index contributed by atoms with van der Waals surface area (Å²) in [6.45, 7) is -0.541. The third-order valence-corrected chi connectivity index (χ3v) is 3.89. The summed E-state index contributed by atoms with van der Waals surface area (Å²) in [4.78, 5) is 35.2. The van der Waals surface area contributed by atoms with E-state index in [1.165, 1.54) is 0 Å². The van der Waals surface area contributed by atoms with Crippen molar-refractivity contribution in [1.29, 1.82) is 0 Å². The summed E-state index contributed by atoms with van der Waals surface area (Å²) in [5.41, 5.74) is 7.65. The molecule has 0 aliphatic carbocycles. The number of hydrogen-bond acceptors (Lipinski definition) is 6. The molecular weight excluding hydrogens is 374 g/mol. The molecule has 154 valence electrons. The molecule has 8 heteroatoms. The van der Waals surface area contributed by atoms with Gasteiger partial charge in [-0.25, -0.2) is 4.79 Å². The normalized spacial score (nSPS) is 11.3. The van der Waals surface area contributed by atoms with Gasteiger partial charge in [-0.2, -0.15) is 0 Å². The minimum atomic E-state index is -0.749. The molecule has 0 fully saturated rings. The van der Waals surface area contributed by atoms with Gasteiger partial charge in [0, 0.05) is 0 Å². The van der Waals surface area contributed by atoms with Gasteiger partial charge in [-0.05, 0) is 17.5 Å². The molecule has 0 aliphatic heterocycles. The fraction of sp³-hybridized carbons (Fsp3) is 0.286. The Labute approximate surface area is 169 Å². The standard InChI is InChI=1S/C21H25N3O5/c22-18(11-16-7-3-1-4-8-16)21(27)23-12-19(25)24-15-28-14-20(26)29-13-17-9-5-2-6-10-17/h1-10,18H,11-15,22H2,(H,23,27)(H,24,25)/t18-/m0/s1. The third kappa shape index (κ3) is 9.00. The maximum absolute atomic E-state index is 12.0. The van der Waals surface area contributed by atoms with Crippen molar-refractivity contribution in [2.24, 2.45) is 5.73 Å². The molecule has 2 aromatic rings. The molecule has 0 radical (unpaired) electrons. The molecule has 1 atom stereocenters. The average molecular weight is 399 g/mol. The van der Waals surface area contributed by atoms with E-state index < -0.39 is 23.8 Å². The molecule has 0 heterocycles. The van der Waals surface area contributed by atoms with E-state index in [9.17, 15) is 14.4 Å². The number of ether oxygens (including phenoxy) is 2. The first-order chi connectivity index (χ1) is 14.0. The maximum atomic E-state index is 12.0. The van der Waals surface area contributed by atoms with Crippen molar-refractivity contribution in [1.82, 2.24) is 10.6 Å². The minimum Gasteiger partial charge on any atom is -0.459 e. The Kier molecular flexibility index (Phi) is 9.34. The number of rotatable bonds is 11. The molecule has 0 saturated heterocycles. The van der Waals surface area contributed by atoms with Crippen molar-refractivity contribution in [3.05, 3.63) is 71.8 Å². The van der Waals surface area contributed by atoms with Crippen LogP contribution in [0.2, 0.25) is 0 Å². The zero-order chi connectivity index (χ0) is 20.9. The van der Waals surface area contributed by atoms with Crippen LogP contribution in [0.1, 0.15) is 11.1 Å². The molecule has 2 amide bonds. The van der Waals surface area contributed by atoms with Gasteiger partial charge >= 0.3 is 5.97 Å². The first-order valence-electron chi connectivity index (χ1n) is 9.16. The van der Waals surface area contributed by atoms with E-state index in [-0.39, 0.29) is 26.5 Å². The molecule has 0 bridgehead atoms. The lowest BCUT2D eigenvalue weighted by molar-refractivity contribution is -0.151. The van der Waals surface area contributed by atoms with Gasteiger partial charge in [0.1, 0.15) is 19.9 Å². The Balaban J connectivity index is 1.53. The molecule has 2 aromatic carbocycles. The summed E-state index contributed by atoms with van der Waals surface area (Å²) < 4.78 is 10.1. The van der Waals surface area contributed by atoms with Crippen LogP contribution >= 0.6 is 0 Å². The second-order valence-corrected chi connectivity index (χ2v) is 6.25. The second kappa shape index (κ2) is 12.3. The Bertz CT molecular complexity index is 783. The van der Waals surface area contributed by atoms with Crippen LogP contribution in [0.4, 0.5) is 0 Å². The van der Waals surface area contributed by atoms with Gasteiger partial charge in [0.05, 0.1) is 12.6 Å². The summed E-state index contributed by atoms with van der Waals surface area (Å²) in [7, 11) is 0. The number of hydrogen-bond donors (Lipinski definition) is 3. The first kappa shape index (κ1) is 22.1. The third-order valence-electron chi connectivity index (χ3n) is 3.89.